The number of aryl methyl sites for hydroxylation is 1. The fraction of sp³-hybridized carbons (Fsp3) is 0.500. The number of hydrogen-bond acceptors (Lipinski definition) is 5. The summed E-state index contributed by atoms with van der Waals surface area (Å²) >= 11 is 1.84. The summed E-state index contributed by atoms with van der Waals surface area (Å²) in [4.78, 5) is 29.6. The van der Waals surface area contributed by atoms with Crippen LogP contribution in [0.25, 0.3) is 10.2 Å². The topological polar surface area (TPSA) is 49.3 Å². The van der Waals surface area contributed by atoms with Crippen molar-refractivity contribution in [3.63, 3.8) is 0 Å². The first kappa shape index (κ1) is 22.3. The largest absolute Gasteiger partial charge is 0.352 e. The summed E-state index contributed by atoms with van der Waals surface area (Å²) < 4.78 is 14.1. The van der Waals surface area contributed by atoms with Crippen LogP contribution in [0.15, 0.2) is 24.3 Å². The summed E-state index contributed by atoms with van der Waals surface area (Å²) in [6, 6.07) is 6.23. The lowest BCUT2D eigenvalue weighted by Crippen LogP contribution is -2.49. The molecular formula is C26H31FN4OS. The first-order valence-corrected chi connectivity index (χ1v) is 12.9. The molecule has 1 aromatic carbocycles. The van der Waals surface area contributed by atoms with E-state index in [1.165, 1.54) is 28.3 Å². The molecule has 174 valence electrons. The lowest BCUT2D eigenvalue weighted by atomic mass is 9.89. The number of halogens is 1. The van der Waals surface area contributed by atoms with Crippen molar-refractivity contribution in [3.8, 4) is 0 Å². The Kier molecular flexibility index (Phi) is 6.08. The maximum atomic E-state index is 14.1. The van der Waals surface area contributed by atoms with Crippen LogP contribution in [-0.2, 0) is 12.8 Å². The number of amides is 1. The monoisotopic (exact) mass is 466 g/mol. The van der Waals surface area contributed by atoms with Crippen LogP contribution in [0.3, 0.4) is 0 Å². The summed E-state index contributed by atoms with van der Waals surface area (Å²) in [5.41, 5.74) is 1.58. The Balaban J connectivity index is 1.46. The number of fused-ring (bicyclic) bond motifs is 3. The van der Waals surface area contributed by atoms with Gasteiger partial charge in [-0.3, -0.25) is 4.79 Å². The van der Waals surface area contributed by atoms with E-state index >= 15 is 0 Å². The van der Waals surface area contributed by atoms with Crippen molar-refractivity contribution in [2.24, 2.45) is 5.92 Å². The van der Waals surface area contributed by atoms with Crippen LogP contribution < -0.4 is 4.90 Å². The maximum absolute atomic E-state index is 14.1. The zero-order valence-electron chi connectivity index (χ0n) is 19.6. The predicted octanol–water partition coefficient (Wildman–Crippen LogP) is 5.43. The SMILES string of the molecule is CC[C@@H](C)c1nc(N2CCN(C(=O)c3ccccc3F)CC2)c2c3c(sc2n1)C[C@@H](C)CC3. The predicted molar refractivity (Wildman–Crippen MR) is 132 cm³/mol. The molecule has 2 atom stereocenters. The van der Waals surface area contributed by atoms with Gasteiger partial charge in [-0.15, -0.1) is 11.3 Å². The van der Waals surface area contributed by atoms with E-state index in [2.05, 4.69) is 25.7 Å². The minimum atomic E-state index is -0.459. The molecule has 2 aromatic heterocycles. The molecule has 0 spiro atoms. The Labute approximate surface area is 198 Å². The Morgan fingerprint density at radius 1 is 1.21 bits per heavy atom. The van der Waals surface area contributed by atoms with Crippen LogP contribution in [0.4, 0.5) is 10.2 Å². The zero-order chi connectivity index (χ0) is 23.1. The van der Waals surface area contributed by atoms with Crippen LogP contribution in [0.5, 0.6) is 0 Å². The lowest BCUT2D eigenvalue weighted by molar-refractivity contribution is 0.0742. The molecule has 1 saturated heterocycles. The quantitative estimate of drug-likeness (QED) is 0.514. The van der Waals surface area contributed by atoms with Gasteiger partial charge in [0.1, 0.15) is 22.3 Å². The smallest absolute Gasteiger partial charge is 0.256 e. The number of piperazine rings is 1. The molecule has 1 aliphatic carbocycles. The van der Waals surface area contributed by atoms with E-state index in [-0.39, 0.29) is 11.5 Å². The third kappa shape index (κ3) is 4.12. The standard InChI is InChI=1S/C26H31FN4OS/c1-4-17(3)23-28-24(22-19-10-9-16(2)15-21(19)33-25(22)29-23)30-11-13-31(14-12-30)26(32)18-7-5-6-8-20(18)27/h5-8,16-17H,4,9-15H2,1-3H3/t16-,17+/m0/s1. The second kappa shape index (κ2) is 9.01. The van der Waals surface area contributed by atoms with E-state index in [0.717, 1.165) is 35.7 Å². The Bertz CT molecular complexity index is 1180. The van der Waals surface area contributed by atoms with Crippen molar-refractivity contribution in [1.82, 2.24) is 14.9 Å². The third-order valence-electron chi connectivity index (χ3n) is 7.18. The Morgan fingerprint density at radius 3 is 2.70 bits per heavy atom. The van der Waals surface area contributed by atoms with Crippen molar-refractivity contribution in [2.45, 2.75) is 52.4 Å². The van der Waals surface area contributed by atoms with Crippen LogP contribution >= 0.6 is 11.3 Å². The molecule has 1 amide bonds. The molecule has 0 saturated carbocycles. The number of aromatic nitrogens is 2. The summed E-state index contributed by atoms with van der Waals surface area (Å²) in [5, 5.41) is 1.22. The van der Waals surface area contributed by atoms with Gasteiger partial charge < -0.3 is 9.80 Å². The molecule has 0 bridgehead atoms. The molecule has 1 fully saturated rings. The highest BCUT2D eigenvalue weighted by Crippen LogP contribution is 2.42. The number of rotatable bonds is 4. The molecular weight excluding hydrogens is 435 g/mol. The van der Waals surface area contributed by atoms with Gasteiger partial charge in [0, 0.05) is 37.0 Å². The van der Waals surface area contributed by atoms with Gasteiger partial charge in [-0.25, -0.2) is 14.4 Å². The molecule has 0 N–H and O–H groups in total. The number of hydrogen-bond donors (Lipinski definition) is 0. The van der Waals surface area contributed by atoms with Crippen LogP contribution in [-0.4, -0.2) is 47.0 Å². The van der Waals surface area contributed by atoms with Gasteiger partial charge in [-0.2, -0.15) is 0 Å². The molecule has 5 rings (SSSR count). The Hall–Kier alpha value is -2.54. The maximum Gasteiger partial charge on any atom is 0.256 e. The normalized spacial score (nSPS) is 19.6. The van der Waals surface area contributed by atoms with Crippen molar-refractivity contribution in [2.75, 3.05) is 31.1 Å². The van der Waals surface area contributed by atoms with Crippen molar-refractivity contribution < 1.29 is 9.18 Å². The number of benzene rings is 1. The summed E-state index contributed by atoms with van der Waals surface area (Å²) in [7, 11) is 0. The second-order valence-electron chi connectivity index (χ2n) is 9.51. The van der Waals surface area contributed by atoms with E-state index in [9.17, 15) is 9.18 Å². The highest BCUT2D eigenvalue weighted by atomic mass is 32.1. The van der Waals surface area contributed by atoms with Gasteiger partial charge in [0.2, 0.25) is 0 Å². The fourth-order valence-corrected chi connectivity index (χ4v) is 6.28. The van der Waals surface area contributed by atoms with E-state index < -0.39 is 5.82 Å². The Morgan fingerprint density at radius 2 is 1.97 bits per heavy atom. The van der Waals surface area contributed by atoms with Gasteiger partial charge in [0.25, 0.3) is 5.91 Å². The minimum absolute atomic E-state index is 0.149. The number of carbonyl (C=O) groups is 1. The molecule has 1 aliphatic heterocycles. The van der Waals surface area contributed by atoms with Gasteiger partial charge in [0.05, 0.1) is 10.9 Å². The summed E-state index contributed by atoms with van der Waals surface area (Å²) in [5.74, 6) is 2.26. The van der Waals surface area contributed by atoms with E-state index in [4.69, 9.17) is 9.97 Å². The summed E-state index contributed by atoms with van der Waals surface area (Å²) in [6.07, 6.45) is 4.41. The third-order valence-corrected chi connectivity index (χ3v) is 8.33. The van der Waals surface area contributed by atoms with E-state index in [1.807, 2.05) is 11.3 Å². The van der Waals surface area contributed by atoms with Gasteiger partial charge >= 0.3 is 0 Å². The van der Waals surface area contributed by atoms with Gasteiger partial charge in [-0.05, 0) is 49.3 Å². The minimum Gasteiger partial charge on any atom is -0.352 e. The first-order chi connectivity index (χ1) is 16.0. The molecule has 0 radical (unpaired) electrons. The first-order valence-electron chi connectivity index (χ1n) is 12.1. The molecule has 0 unspecified atom stereocenters. The number of nitrogens with zero attached hydrogens (tertiary/aromatic N) is 4. The second-order valence-corrected chi connectivity index (χ2v) is 10.6. The molecule has 7 heteroatoms. The fourth-order valence-electron chi connectivity index (χ4n) is 4.90. The van der Waals surface area contributed by atoms with Crippen molar-refractivity contribution in [1.29, 1.82) is 0 Å². The van der Waals surface area contributed by atoms with Crippen LogP contribution in [0, 0.1) is 11.7 Å². The molecule has 3 aromatic rings. The van der Waals surface area contributed by atoms with Crippen LogP contribution in [0.1, 0.15) is 66.2 Å². The molecule has 33 heavy (non-hydrogen) atoms. The molecule has 2 aliphatic rings. The average Bonchev–Trinajstić information content (AvgIpc) is 3.20. The van der Waals surface area contributed by atoms with Gasteiger partial charge in [0.15, 0.2) is 0 Å². The average molecular weight is 467 g/mol. The number of carbonyl (C=O) groups excluding carboxylic acids is 1. The number of thiophene rings is 1. The highest BCUT2D eigenvalue weighted by Gasteiger charge is 2.29. The van der Waals surface area contributed by atoms with Crippen molar-refractivity contribution >= 4 is 33.3 Å². The lowest BCUT2D eigenvalue weighted by Gasteiger charge is -2.36. The van der Waals surface area contributed by atoms with Crippen LogP contribution in [0.2, 0.25) is 0 Å². The highest BCUT2D eigenvalue weighted by molar-refractivity contribution is 7.19. The molecule has 5 nitrogen and oxygen atoms in total. The zero-order valence-corrected chi connectivity index (χ0v) is 20.4. The van der Waals surface area contributed by atoms with Crippen molar-refractivity contribution in [3.05, 3.63) is 51.9 Å². The number of anilines is 1. The van der Waals surface area contributed by atoms with E-state index in [0.29, 0.717) is 38.0 Å². The summed E-state index contributed by atoms with van der Waals surface area (Å²) in [6.45, 7) is 9.18. The van der Waals surface area contributed by atoms with Gasteiger partial charge in [-0.1, -0.05) is 32.9 Å². The van der Waals surface area contributed by atoms with E-state index in [1.54, 1.807) is 23.1 Å². The molecule has 3 heterocycles.